The molecule has 0 nitrogen and oxygen atoms in total. The minimum absolute atomic E-state index is 0.843. The molecule has 2 heteroatoms. The first-order valence-electron chi connectivity index (χ1n) is 2.30. The zero-order valence-corrected chi connectivity index (χ0v) is 8.32. The Morgan fingerprint density at radius 3 is 2.50 bits per heavy atom. The summed E-state index contributed by atoms with van der Waals surface area (Å²) in [6, 6.07) is 7.93. The van der Waals surface area contributed by atoms with Crippen LogP contribution >= 0.6 is 11.6 Å². The third-order valence-electron chi connectivity index (χ3n) is 0.849. The first kappa shape index (κ1) is 6.43. The molecule has 0 saturated heterocycles. The van der Waals surface area contributed by atoms with E-state index >= 15 is 0 Å². The van der Waals surface area contributed by atoms with Gasteiger partial charge >= 0.3 is 67.0 Å². The van der Waals surface area contributed by atoms with Crippen LogP contribution in [0.5, 0.6) is 0 Å². The zero-order chi connectivity index (χ0) is 5.98. The molecule has 0 spiro atoms. The Balaban J connectivity index is 3.08. The molecular formula is C6H5ClSn. The SMILES string of the molecule is Clc1ccc[c]([SnH])c1. The number of benzene rings is 1. The van der Waals surface area contributed by atoms with Crippen LogP contribution in [-0.4, -0.2) is 22.5 Å². The Morgan fingerprint density at radius 1 is 1.38 bits per heavy atom. The molecule has 1 rings (SSSR count). The monoisotopic (exact) mass is 232 g/mol. The number of rotatable bonds is 0. The fourth-order valence-corrected chi connectivity index (χ4v) is 1.84. The van der Waals surface area contributed by atoms with E-state index in [2.05, 4.69) is 6.07 Å². The molecule has 0 atom stereocenters. The summed E-state index contributed by atoms with van der Waals surface area (Å²) in [6.07, 6.45) is 0. The van der Waals surface area contributed by atoms with Crippen LogP contribution in [-0.2, 0) is 0 Å². The van der Waals surface area contributed by atoms with Crippen molar-refractivity contribution in [2.45, 2.75) is 0 Å². The van der Waals surface area contributed by atoms with E-state index in [0.29, 0.717) is 0 Å². The van der Waals surface area contributed by atoms with Crippen LogP contribution in [0, 0.1) is 0 Å². The zero-order valence-electron chi connectivity index (χ0n) is 4.26. The Morgan fingerprint density at radius 2 is 2.12 bits per heavy atom. The van der Waals surface area contributed by atoms with Gasteiger partial charge in [0, 0.05) is 0 Å². The van der Waals surface area contributed by atoms with Crippen molar-refractivity contribution in [3.63, 3.8) is 0 Å². The van der Waals surface area contributed by atoms with E-state index in [4.69, 9.17) is 11.6 Å². The number of hydrogen-bond donors (Lipinski definition) is 0. The van der Waals surface area contributed by atoms with Crippen LogP contribution < -0.4 is 3.58 Å². The first-order valence-corrected chi connectivity index (χ1v) is 4.32. The van der Waals surface area contributed by atoms with E-state index in [-0.39, 0.29) is 0 Å². The van der Waals surface area contributed by atoms with Crippen molar-refractivity contribution in [2.75, 3.05) is 0 Å². The molecule has 0 saturated carbocycles. The molecular weight excluding hydrogens is 226 g/mol. The maximum atomic E-state index is 5.67. The van der Waals surface area contributed by atoms with E-state index < -0.39 is 0 Å². The average Bonchev–Trinajstić information content (AvgIpc) is 1.64. The van der Waals surface area contributed by atoms with Crippen molar-refractivity contribution in [3.8, 4) is 0 Å². The van der Waals surface area contributed by atoms with Gasteiger partial charge in [0.05, 0.1) is 0 Å². The van der Waals surface area contributed by atoms with Gasteiger partial charge in [-0.2, -0.15) is 0 Å². The van der Waals surface area contributed by atoms with Crippen LogP contribution in [0.3, 0.4) is 0 Å². The maximum absolute atomic E-state index is 5.67. The van der Waals surface area contributed by atoms with Crippen LogP contribution in [0.2, 0.25) is 5.02 Å². The topological polar surface area (TPSA) is 0 Å². The standard InChI is InChI=1S/C6H4Cl.Sn.H/c7-6-4-2-1-3-5-6;;/h1-2,4-5H;;. The van der Waals surface area contributed by atoms with Gasteiger partial charge in [-0.3, -0.25) is 0 Å². The van der Waals surface area contributed by atoms with Crippen molar-refractivity contribution < 1.29 is 0 Å². The second-order valence-electron chi connectivity index (χ2n) is 1.56. The van der Waals surface area contributed by atoms with E-state index in [9.17, 15) is 0 Å². The summed E-state index contributed by atoms with van der Waals surface area (Å²) >= 11 is 6.81. The van der Waals surface area contributed by atoms with E-state index in [1.807, 2.05) is 18.2 Å². The average molecular weight is 231 g/mol. The van der Waals surface area contributed by atoms with Gasteiger partial charge < -0.3 is 0 Å². The summed E-state index contributed by atoms with van der Waals surface area (Å²) in [7, 11) is 0. The summed E-state index contributed by atoms with van der Waals surface area (Å²) in [5, 5.41) is 0.843. The molecule has 0 aliphatic rings. The third-order valence-corrected chi connectivity index (χ3v) is 2.11. The van der Waals surface area contributed by atoms with Crippen molar-refractivity contribution in [3.05, 3.63) is 29.3 Å². The predicted molar refractivity (Wildman–Crippen MR) is 38.2 cm³/mol. The molecule has 1 aromatic carbocycles. The molecule has 0 aliphatic carbocycles. The molecule has 40 valence electrons. The Labute approximate surface area is 66.9 Å². The summed E-state index contributed by atoms with van der Waals surface area (Å²) in [5.41, 5.74) is 0. The molecule has 0 aliphatic heterocycles. The van der Waals surface area contributed by atoms with E-state index in [0.717, 1.165) is 27.5 Å². The van der Waals surface area contributed by atoms with Crippen molar-refractivity contribution in [1.29, 1.82) is 0 Å². The summed E-state index contributed by atoms with van der Waals surface area (Å²) in [5.74, 6) is 0. The molecule has 1 aromatic rings. The van der Waals surface area contributed by atoms with Gasteiger partial charge in [-0.05, 0) is 0 Å². The molecule has 8 heavy (non-hydrogen) atoms. The van der Waals surface area contributed by atoms with Gasteiger partial charge in [-0.1, -0.05) is 0 Å². The minimum atomic E-state index is 0.843. The second-order valence-corrected chi connectivity index (χ2v) is 3.89. The van der Waals surface area contributed by atoms with Crippen LogP contribution in [0.4, 0.5) is 0 Å². The van der Waals surface area contributed by atoms with Crippen molar-refractivity contribution in [1.82, 2.24) is 0 Å². The van der Waals surface area contributed by atoms with Gasteiger partial charge in [0.2, 0.25) is 0 Å². The molecule has 0 heterocycles. The Kier molecular flexibility index (Phi) is 2.20. The number of halogens is 1. The molecule has 0 fully saturated rings. The molecule has 0 N–H and O–H groups in total. The van der Waals surface area contributed by atoms with Crippen LogP contribution in [0.1, 0.15) is 0 Å². The first-order chi connectivity index (χ1) is 3.79. The van der Waals surface area contributed by atoms with Crippen molar-refractivity contribution >= 4 is 37.7 Å². The van der Waals surface area contributed by atoms with Crippen molar-refractivity contribution in [2.24, 2.45) is 0 Å². The Hall–Kier alpha value is 0.309. The third kappa shape index (κ3) is 1.67. The Bertz CT molecular complexity index is 168. The van der Waals surface area contributed by atoms with Crippen LogP contribution in [0.15, 0.2) is 24.3 Å². The fourth-order valence-electron chi connectivity index (χ4n) is 0.507. The molecule has 0 amide bonds. The van der Waals surface area contributed by atoms with E-state index in [1.165, 1.54) is 3.58 Å². The molecule has 0 unspecified atom stereocenters. The van der Waals surface area contributed by atoms with Gasteiger partial charge in [-0.15, -0.1) is 0 Å². The number of hydrogen-bond acceptors (Lipinski definition) is 0. The molecule has 0 bridgehead atoms. The summed E-state index contributed by atoms with van der Waals surface area (Å²) in [4.78, 5) is 0. The van der Waals surface area contributed by atoms with Gasteiger partial charge in [0.15, 0.2) is 0 Å². The van der Waals surface area contributed by atoms with Crippen LogP contribution in [0.25, 0.3) is 0 Å². The molecule has 2 radical (unpaired) electrons. The summed E-state index contributed by atoms with van der Waals surface area (Å²) in [6.45, 7) is 0. The quantitative estimate of drug-likeness (QED) is 0.581. The summed E-state index contributed by atoms with van der Waals surface area (Å²) < 4.78 is 1.34. The van der Waals surface area contributed by atoms with E-state index in [1.54, 1.807) is 0 Å². The van der Waals surface area contributed by atoms with Gasteiger partial charge in [-0.25, -0.2) is 0 Å². The second kappa shape index (κ2) is 2.74. The molecule has 0 aromatic heterocycles. The normalized spacial score (nSPS) is 9.25. The fraction of sp³-hybridized carbons (Fsp3) is 0. The van der Waals surface area contributed by atoms with Gasteiger partial charge in [0.1, 0.15) is 0 Å². The van der Waals surface area contributed by atoms with Gasteiger partial charge in [0.25, 0.3) is 0 Å². The predicted octanol–water partition coefficient (Wildman–Crippen LogP) is 0.866.